The summed E-state index contributed by atoms with van der Waals surface area (Å²) >= 11 is 6.11. The lowest BCUT2D eigenvalue weighted by Gasteiger charge is -2.19. The number of hydrogen-bond acceptors (Lipinski definition) is 2. The molecule has 1 aromatic carbocycles. The van der Waals surface area contributed by atoms with E-state index < -0.39 is 0 Å². The molecular weight excluding hydrogens is 275 g/mol. The molecule has 0 fully saturated rings. The molecule has 0 aliphatic rings. The molecule has 1 N–H and O–H groups in total. The zero-order valence-corrected chi connectivity index (χ0v) is 12.2. The van der Waals surface area contributed by atoms with Crippen molar-refractivity contribution in [1.29, 1.82) is 0 Å². The van der Waals surface area contributed by atoms with Gasteiger partial charge in [-0.1, -0.05) is 30.7 Å². The van der Waals surface area contributed by atoms with Crippen LogP contribution in [0.4, 0.5) is 4.39 Å². The lowest BCUT2D eigenvalue weighted by atomic mass is 9.99. The van der Waals surface area contributed by atoms with Crippen LogP contribution in [0.25, 0.3) is 0 Å². The number of aromatic nitrogens is 1. The summed E-state index contributed by atoms with van der Waals surface area (Å²) in [5, 5.41) is 3.89. The van der Waals surface area contributed by atoms with Crippen LogP contribution in [0.15, 0.2) is 42.7 Å². The number of rotatable bonds is 6. The Balaban J connectivity index is 2.24. The maximum Gasteiger partial charge on any atom is 0.127 e. The minimum Gasteiger partial charge on any atom is -0.310 e. The first kappa shape index (κ1) is 14.9. The van der Waals surface area contributed by atoms with Gasteiger partial charge in [0.1, 0.15) is 5.82 Å². The summed E-state index contributed by atoms with van der Waals surface area (Å²) in [6.45, 7) is 2.97. The molecule has 20 heavy (non-hydrogen) atoms. The Hall–Kier alpha value is -1.45. The van der Waals surface area contributed by atoms with Crippen molar-refractivity contribution in [3.63, 3.8) is 0 Å². The van der Waals surface area contributed by atoms with Crippen LogP contribution in [-0.4, -0.2) is 11.5 Å². The molecule has 106 valence electrons. The Morgan fingerprint density at radius 3 is 2.80 bits per heavy atom. The van der Waals surface area contributed by atoms with E-state index in [0.717, 1.165) is 18.5 Å². The van der Waals surface area contributed by atoms with Gasteiger partial charge < -0.3 is 5.32 Å². The van der Waals surface area contributed by atoms with Crippen molar-refractivity contribution in [3.05, 3.63) is 64.7 Å². The van der Waals surface area contributed by atoms with Gasteiger partial charge in [-0.05, 0) is 43.1 Å². The number of nitrogens with one attached hydrogen (secondary N) is 1. The van der Waals surface area contributed by atoms with Gasteiger partial charge in [0.05, 0.1) is 0 Å². The third-order valence-electron chi connectivity index (χ3n) is 3.20. The average molecular weight is 293 g/mol. The molecule has 2 rings (SSSR count). The predicted octanol–water partition coefficient (Wildman–Crippen LogP) is 4.16. The van der Waals surface area contributed by atoms with Gasteiger partial charge in [0.15, 0.2) is 0 Å². The van der Waals surface area contributed by atoms with Gasteiger partial charge in [0, 0.05) is 29.0 Å². The third kappa shape index (κ3) is 3.78. The smallest absolute Gasteiger partial charge is 0.127 e. The highest BCUT2D eigenvalue weighted by Crippen LogP contribution is 2.25. The Labute approximate surface area is 124 Å². The molecule has 2 aromatic rings. The molecule has 0 aliphatic carbocycles. The van der Waals surface area contributed by atoms with E-state index in [2.05, 4.69) is 17.2 Å². The van der Waals surface area contributed by atoms with Gasteiger partial charge in [0.25, 0.3) is 0 Å². The standard InChI is InChI=1S/C16H18ClFN2/c1-2-8-20-16(12-5-4-9-19-11-12)10-13-14(17)6-3-7-15(13)18/h3-7,9,11,16,20H,2,8,10H2,1H3. The SMILES string of the molecule is CCCNC(Cc1c(F)cccc1Cl)c1cccnc1. The average Bonchev–Trinajstić information content (AvgIpc) is 2.47. The second-order valence-corrected chi connectivity index (χ2v) is 5.10. The molecule has 0 aliphatic heterocycles. The fraction of sp³-hybridized carbons (Fsp3) is 0.312. The number of benzene rings is 1. The van der Waals surface area contributed by atoms with Crippen LogP contribution in [0.5, 0.6) is 0 Å². The van der Waals surface area contributed by atoms with E-state index in [0.29, 0.717) is 17.0 Å². The number of halogens is 2. The largest absolute Gasteiger partial charge is 0.310 e. The Morgan fingerprint density at radius 1 is 1.30 bits per heavy atom. The zero-order chi connectivity index (χ0) is 14.4. The van der Waals surface area contributed by atoms with E-state index in [-0.39, 0.29) is 11.9 Å². The van der Waals surface area contributed by atoms with Crippen molar-refractivity contribution in [2.24, 2.45) is 0 Å². The predicted molar refractivity (Wildman–Crippen MR) is 80.4 cm³/mol. The van der Waals surface area contributed by atoms with Gasteiger partial charge in [0.2, 0.25) is 0 Å². The van der Waals surface area contributed by atoms with Crippen molar-refractivity contribution < 1.29 is 4.39 Å². The van der Waals surface area contributed by atoms with E-state index in [1.165, 1.54) is 6.07 Å². The van der Waals surface area contributed by atoms with Gasteiger partial charge in [-0.15, -0.1) is 0 Å². The van der Waals surface area contributed by atoms with Gasteiger partial charge in [-0.3, -0.25) is 4.98 Å². The summed E-state index contributed by atoms with van der Waals surface area (Å²) < 4.78 is 13.9. The zero-order valence-electron chi connectivity index (χ0n) is 11.4. The van der Waals surface area contributed by atoms with Gasteiger partial charge in [-0.25, -0.2) is 4.39 Å². The van der Waals surface area contributed by atoms with Crippen LogP contribution in [0.2, 0.25) is 5.02 Å². The molecule has 0 spiro atoms. The first-order chi connectivity index (χ1) is 9.72. The summed E-state index contributed by atoms with van der Waals surface area (Å²) in [7, 11) is 0. The van der Waals surface area contributed by atoms with Crippen molar-refractivity contribution in [1.82, 2.24) is 10.3 Å². The van der Waals surface area contributed by atoms with E-state index in [4.69, 9.17) is 11.6 Å². The quantitative estimate of drug-likeness (QED) is 0.865. The second-order valence-electron chi connectivity index (χ2n) is 4.70. The van der Waals surface area contributed by atoms with Crippen LogP contribution in [-0.2, 0) is 6.42 Å². The highest BCUT2D eigenvalue weighted by Gasteiger charge is 2.16. The normalized spacial score (nSPS) is 12.3. The van der Waals surface area contributed by atoms with Crippen LogP contribution in [0, 0.1) is 5.82 Å². The van der Waals surface area contributed by atoms with Crippen molar-refractivity contribution in [2.45, 2.75) is 25.8 Å². The number of pyridine rings is 1. The van der Waals surface area contributed by atoms with E-state index in [9.17, 15) is 4.39 Å². The molecule has 0 saturated heterocycles. The maximum atomic E-state index is 13.9. The second kappa shape index (κ2) is 7.36. The monoisotopic (exact) mass is 292 g/mol. The highest BCUT2D eigenvalue weighted by molar-refractivity contribution is 6.31. The molecule has 0 saturated carbocycles. The number of hydrogen-bond donors (Lipinski definition) is 1. The Bertz CT molecular complexity index is 525. The highest BCUT2D eigenvalue weighted by atomic mass is 35.5. The molecule has 1 atom stereocenters. The van der Waals surface area contributed by atoms with Crippen LogP contribution < -0.4 is 5.32 Å². The summed E-state index contributed by atoms with van der Waals surface area (Å²) in [5.74, 6) is -0.260. The van der Waals surface area contributed by atoms with Crippen molar-refractivity contribution >= 4 is 11.6 Å². The lowest BCUT2D eigenvalue weighted by molar-refractivity contribution is 0.512. The van der Waals surface area contributed by atoms with E-state index >= 15 is 0 Å². The molecule has 1 heterocycles. The Kier molecular flexibility index (Phi) is 5.50. The first-order valence-corrected chi connectivity index (χ1v) is 7.16. The van der Waals surface area contributed by atoms with E-state index in [1.807, 2.05) is 18.3 Å². The molecule has 2 nitrogen and oxygen atoms in total. The van der Waals surface area contributed by atoms with Crippen molar-refractivity contribution in [2.75, 3.05) is 6.54 Å². The number of nitrogens with zero attached hydrogens (tertiary/aromatic N) is 1. The summed E-state index contributed by atoms with van der Waals surface area (Å²) in [5.41, 5.74) is 1.59. The summed E-state index contributed by atoms with van der Waals surface area (Å²) in [6, 6.07) is 8.69. The third-order valence-corrected chi connectivity index (χ3v) is 3.55. The van der Waals surface area contributed by atoms with Crippen LogP contribution in [0.1, 0.15) is 30.5 Å². The lowest BCUT2D eigenvalue weighted by Crippen LogP contribution is -2.24. The van der Waals surface area contributed by atoms with E-state index in [1.54, 1.807) is 18.3 Å². The van der Waals surface area contributed by atoms with Crippen LogP contribution >= 0.6 is 11.6 Å². The molecular formula is C16H18ClFN2. The van der Waals surface area contributed by atoms with Gasteiger partial charge in [-0.2, -0.15) is 0 Å². The Morgan fingerprint density at radius 2 is 2.15 bits per heavy atom. The fourth-order valence-electron chi connectivity index (χ4n) is 2.14. The summed E-state index contributed by atoms with van der Waals surface area (Å²) in [4.78, 5) is 4.13. The first-order valence-electron chi connectivity index (χ1n) is 6.78. The van der Waals surface area contributed by atoms with Gasteiger partial charge >= 0.3 is 0 Å². The molecule has 0 radical (unpaired) electrons. The van der Waals surface area contributed by atoms with Crippen molar-refractivity contribution in [3.8, 4) is 0 Å². The molecule has 1 aromatic heterocycles. The molecule has 4 heteroatoms. The molecule has 0 amide bonds. The minimum absolute atomic E-state index is 0.0121. The molecule has 0 bridgehead atoms. The maximum absolute atomic E-state index is 13.9. The van der Waals surface area contributed by atoms with Crippen LogP contribution in [0.3, 0.4) is 0 Å². The molecule has 1 unspecified atom stereocenters. The fourth-order valence-corrected chi connectivity index (χ4v) is 2.38. The summed E-state index contributed by atoms with van der Waals surface area (Å²) in [6.07, 6.45) is 5.07. The minimum atomic E-state index is -0.260. The topological polar surface area (TPSA) is 24.9 Å².